The molecule has 0 fully saturated rings. The van der Waals surface area contributed by atoms with E-state index in [9.17, 15) is 0 Å². The van der Waals surface area contributed by atoms with Crippen LogP contribution in [0.4, 0.5) is 0 Å². The summed E-state index contributed by atoms with van der Waals surface area (Å²) in [4.78, 5) is 0. The third kappa shape index (κ3) is 4.34. The molecule has 1 aromatic heterocycles. The molecule has 2 heteroatoms. The molecule has 0 unspecified atom stereocenters. The predicted octanol–water partition coefficient (Wildman–Crippen LogP) is 13.4. The van der Waals surface area contributed by atoms with Gasteiger partial charge in [-0.1, -0.05) is 155 Å². The molecule has 1 nitrogen and oxygen atoms in total. The molecule has 10 rings (SSSR count). The van der Waals surface area contributed by atoms with Crippen molar-refractivity contribution in [2.24, 2.45) is 0 Å². The molecule has 0 atom stereocenters. The molecular weight excluding hydrogens is 670 g/mol. The third-order valence-corrected chi connectivity index (χ3v) is 10.9. The molecule has 0 spiro atoms. The van der Waals surface area contributed by atoms with Crippen LogP contribution in [0.3, 0.4) is 0 Å². The number of hydrogen-bond acceptors (Lipinski definition) is 0. The minimum atomic E-state index is 0.960. The number of fused-ring (bicyclic) bond motifs is 9. The van der Waals surface area contributed by atoms with E-state index >= 15 is 0 Å². The Balaban J connectivity index is 1.60. The topological polar surface area (TPSA) is 4.93 Å². The first-order chi connectivity index (χ1) is 24.8. The van der Waals surface area contributed by atoms with Crippen molar-refractivity contribution in [2.45, 2.75) is 12.8 Å². The molecule has 1 heterocycles. The molecule has 50 heavy (non-hydrogen) atoms. The molecular formula is C48H30BrN. The Morgan fingerprint density at radius 2 is 1.18 bits per heavy atom. The van der Waals surface area contributed by atoms with Crippen LogP contribution >= 0.6 is 15.9 Å². The second kappa shape index (κ2) is 11.6. The first-order valence-electron chi connectivity index (χ1n) is 17.2. The Kier molecular flexibility index (Phi) is 6.76. The third-order valence-electron chi connectivity index (χ3n) is 10.3. The summed E-state index contributed by atoms with van der Waals surface area (Å²) < 4.78 is 3.65. The molecule has 8 aromatic rings. The van der Waals surface area contributed by atoms with E-state index in [-0.39, 0.29) is 0 Å². The number of aromatic nitrogens is 1. The summed E-state index contributed by atoms with van der Waals surface area (Å²) in [5.41, 5.74) is 19.0. The Hall–Kier alpha value is -5.88. The zero-order chi connectivity index (χ0) is 33.2. The second-order valence-corrected chi connectivity index (χ2v) is 14.0. The number of allylic oxidation sites excluding steroid dienone is 5. The lowest BCUT2D eigenvalue weighted by molar-refractivity contribution is 0.889. The highest BCUT2D eigenvalue weighted by Gasteiger charge is 2.30. The van der Waals surface area contributed by atoms with E-state index in [1.54, 1.807) is 0 Å². The van der Waals surface area contributed by atoms with Crippen LogP contribution in [0.1, 0.15) is 23.2 Å². The highest BCUT2D eigenvalue weighted by molar-refractivity contribution is 9.10. The van der Waals surface area contributed by atoms with Crippen LogP contribution in [0.5, 0.6) is 0 Å². The molecule has 0 bridgehead atoms. The molecule has 7 aromatic carbocycles. The van der Waals surface area contributed by atoms with Gasteiger partial charge in [0.25, 0.3) is 0 Å². The van der Waals surface area contributed by atoms with E-state index in [1.807, 2.05) is 6.08 Å². The largest absolute Gasteiger partial charge is 0.312 e. The number of halogens is 1. The average molecular weight is 701 g/mol. The molecule has 0 aliphatic heterocycles. The first-order valence-corrected chi connectivity index (χ1v) is 18.0. The monoisotopic (exact) mass is 699 g/mol. The van der Waals surface area contributed by atoms with E-state index in [2.05, 4.69) is 184 Å². The van der Waals surface area contributed by atoms with E-state index in [0.717, 1.165) is 22.9 Å². The summed E-state index contributed by atoms with van der Waals surface area (Å²) in [6.45, 7) is 0. The molecule has 234 valence electrons. The SMILES string of the molecule is Brc1ccc(-c2c(-n3c4c(c5ccccc53)C=CCC4)c(C3=C=C=CC=C3)c3c4ccccc4c4ccccc4c3c2-c2ccccc2)cc1. The minimum Gasteiger partial charge on any atom is -0.312 e. The van der Waals surface area contributed by atoms with Crippen molar-refractivity contribution < 1.29 is 0 Å². The van der Waals surface area contributed by atoms with Crippen LogP contribution in [0, 0.1) is 0 Å². The van der Waals surface area contributed by atoms with Gasteiger partial charge in [-0.2, -0.15) is 0 Å². The normalized spacial score (nSPS) is 13.5. The van der Waals surface area contributed by atoms with Gasteiger partial charge in [0.2, 0.25) is 0 Å². The number of benzene rings is 7. The van der Waals surface area contributed by atoms with E-state index in [4.69, 9.17) is 0 Å². The van der Waals surface area contributed by atoms with E-state index < -0.39 is 0 Å². The standard InChI is InChI=1S/C48H30BrN/c49-34-29-27-33(28-30-34)44-43(31-15-3-1-4-16-31)46-39-23-9-7-19-35(39)36-20-8-10-24-40(36)47(46)45(32-17-5-2-6-18-32)48(44)50-41-25-13-11-21-37(41)38-22-12-14-26-42(38)50/h1-5,7-13,15-17,19-25,27-30H,14,26H2. The summed E-state index contributed by atoms with van der Waals surface area (Å²) in [6.07, 6.45) is 12.9. The highest BCUT2D eigenvalue weighted by atomic mass is 79.9. The van der Waals surface area contributed by atoms with Gasteiger partial charge in [0.05, 0.1) is 11.2 Å². The van der Waals surface area contributed by atoms with E-state index in [0.29, 0.717) is 0 Å². The van der Waals surface area contributed by atoms with Gasteiger partial charge in [0, 0.05) is 48.8 Å². The van der Waals surface area contributed by atoms with Crippen LogP contribution < -0.4 is 0 Å². The Morgan fingerprint density at radius 1 is 0.560 bits per heavy atom. The Morgan fingerprint density at radius 3 is 1.88 bits per heavy atom. The van der Waals surface area contributed by atoms with Gasteiger partial charge >= 0.3 is 0 Å². The smallest absolute Gasteiger partial charge is 0.0635 e. The minimum absolute atomic E-state index is 0.960. The van der Waals surface area contributed by atoms with Gasteiger partial charge in [-0.25, -0.2) is 0 Å². The van der Waals surface area contributed by atoms with Gasteiger partial charge in [-0.3, -0.25) is 0 Å². The fraction of sp³-hybridized carbons (Fsp3) is 0.0417. The van der Waals surface area contributed by atoms with Crippen LogP contribution in [0.2, 0.25) is 0 Å². The zero-order valence-electron chi connectivity index (χ0n) is 27.3. The summed E-state index contributed by atoms with van der Waals surface area (Å²) in [5, 5.41) is 8.76. The fourth-order valence-corrected chi connectivity index (χ4v) is 8.61. The van der Waals surface area contributed by atoms with Crippen molar-refractivity contribution in [1.82, 2.24) is 4.57 Å². The predicted molar refractivity (Wildman–Crippen MR) is 216 cm³/mol. The Bertz CT molecular complexity index is 2870. The molecule has 0 amide bonds. The lowest BCUT2D eigenvalue weighted by Gasteiger charge is -2.28. The molecule has 0 N–H and O–H groups in total. The van der Waals surface area contributed by atoms with Gasteiger partial charge in [0.15, 0.2) is 0 Å². The molecule has 0 saturated heterocycles. The average Bonchev–Trinajstić information content (AvgIpc) is 3.52. The highest BCUT2D eigenvalue weighted by Crippen LogP contribution is 2.53. The number of rotatable bonds is 4. The van der Waals surface area contributed by atoms with Gasteiger partial charge in [-0.05, 0) is 81.3 Å². The van der Waals surface area contributed by atoms with Crippen molar-refractivity contribution in [3.05, 3.63) is 184 Å². The Labute approximate surface area is 299 Å². The lowest BCUT2D eigenvalue weighted by Crippen LogP contribution is -2.10. The van der Waals surface area contributed by atoms with Crippen LogP contribution in [-0.4, -0.2) is 4.57 Å². The summed E-state index contributed by atoms with van der Waals surface area (Å²) in [7, 11) is 0. The molecule has 0 saturated carbocycles. The maximum absolute atomic E-state index is 3.75. The van der Waals surface area contributed by atoms with E-state index in [1.165, 1.54) is 88.0 Å². The summed E-state index contributed by atoms with van der Waals surface area (Å²) in [5.74, 6) is 0. The van der Waals surface area contributed by atoms with Gasteiger partial charge in [-0.15, -0.1) is 0 Å². The zero-order valence-corrected chi connectivity index (χ0v) is 28.8. The summed E-state index contributed by atoms with van der Waals surface area (Å²) >= 11 is 3.75. The van der Waals surface area contributed by atoms with Crippen LogP contribution in [0.15, 0.2) is 168 Å². The quantitative estimate of drug-likeness (QED) is 0.127. The van der Waals surface area contributed by atoms with Gasteiger partial charge in [0.1, 0.15) is 0 Å². The molecule has 0 radical (unpaired) electrons. The maximum Gasteiger partial charge on any atom is 0.0635 e. The van der Waals surface area contributed by atoms with Crippen molar-refractivity contribution in [1.29, 1.82) is 0 Å². The number of para-hydroxylation sites is 1. The maximum atomic E-state index is 3.75. The second-order valence-electron chi connectivity index (χ2n) is 13.1. The van der Waals surface area contributed by atoms with Gasteiger partial charge < -0.3 is 4.57 Å². The fourth-order valence-electron chi connectivity index (χ4n) is 8.35. The van der Waals surface area contributed by atoms with Crippen molar-refractivity contribution in [2.75, 3.05) is 0 Å². The number of hydrogen-bond donors (Lipinski definition) is 0. The van der Waals surface area contributed by atoms with Crippen molar-refractivity contribution in [3.8, 4) is 27.9 Å². The summed E-state index contributed by atoms with van der Waals surface area (Å²) in [6, 6.07) is 46.7. The van der Waals surface area contributed by atoms with Crippen molar-refractivity contribution in [3.63, 3.8) is 0 Å². The lowest BCUT2D eigenvalue weighted by atomic mass is 9.79. The number of nitrogens with zero attached hydrogens (tertiary/aromatic N) is 1. The van der Waals surface area contributed by atoms with Crippen LogP contribution in [-0.2, 0) is 6.42 Å². The molecule has 2 aliphatic rings. The first kappa shape index (κ1) is 29.1. The van der Waals surface area contributed by atoms with Crippen molar-refractivity contribution >= 4 is 70.8 Å². The van der Waals surface area contributed by atoms with Crippen LogP contribution in [0.25, 0.3) is 82.8 Å². The molecule has 2 aliphatic carbocycles.